The Hall–Kier alpha value is -0.930. The van der Waals surface area contributed by atoms with Gasteiger partial charge in [-0.15, -0.1) is 0 Å². The van der Waals surface area contributed by atoms with Crippen LogP contribution in [-0.4, -0.2) is 61.0 Å². The third kappa shape index (κ3) is 2.58. The number of rotatable bonds is 1. The molecule has 156 valence electrons. The van der Waals surface area contributed by atoms with Gasteiger partial charge in [0.2, 0.25) is 0 Å². The first-order valence-electron chi connectivity index (χ1n) is 10.9. The van der Waals surface area contributed by atoms with Crippen LogP contribution >= 0.6 is 0 Å². The van der Waals surface area contributed by atoms with E-state index in [-0.39, 0.29) is 6.10 Å². The number of hydrogen-bond donors (Lipinski definition) is 1. The van der Waals surface area contributed by atoms with Crippen LogP contribution in [0, 0.1) is 0 Å². The largest absolute Gasteiger partial charge is 0.435 e. The van der Waals surface area contributed by atoms with E-state index in [1.54, 1.807) is 0 Å². The molecule has 0 aromatic carbocycles. The van der Waals surface area contributed by atoms with Crippen molar-refractivity contribution in [2.75, 3.05) is 13.2 Å². The van der Waals surface area contributed by atoms with Crippen LogP contribution in [-0.2, 0) is 28.4 Å². The third-order valence-corrected chi connectivity index (χ3v) is 7.40. The minimum Gasteiger partial charge on any atom is -0.435 e. The Morgan fingerprint density at radius 3 is 2.21 bits per heavy atom. The Bertz CT molecular complexity index is 644. The lowest BCUT2D eigenvalue weighted by atomic mass is 9.89. The fraction of sp³-hybridized carbons (Fsp3) is 0.950. The van der Waals surface area contributed by atoms with Gasteiger partial charge < -0.3 is 33.7 Å². The summed E-state index contributed by atoms with van der Waals surface area (Å²) in [6.45, 7) is 0.776. The number of carbonyl (C=O) groups is 1. The fourth-order valence-corrected chi connectivity index (χ4v) is 6.02. The molecule has 4 saturated heterocycles. The maximum atomic E-state index is 12.1. The monoisotopic (exact) mass is 395 g/mol. The van der Waals surface area contributed by atoms with Crippen molar-refractivity contribution in [2.45, 2.75) is 106 Å². The molecule has 6 aliphatic rings. The molecule has 28 heavy (non-hydrogen) atoms. The van der Waals surface area contributed by atoms with E-state index in [0.717, 1.165) is 51.4 Å². The summed E-state index contributed by atoms with van der Waals surface area (Å²) < 4.78 is 37.5. The van der Waals surface area contributed by atoms with Crippen molar-refractivity contribution >= 4 is 6.09 Å². The van der Waals surface area contributed by atoms with Gasteiger partial charge in [-0.25, -0.2) is 4.79 Å². The lowest BCUT2D eigenvalue weighted by Crippen LogP contribution is -2.57. The molecule has 1 N–H and O–H groups in total. The number of amides is 1. The molecule has 6 fully saturated rings. The molecule has 1 amide bonds. The zero-order valence-corrected chi connectivity index (χ0v) is 16.2. The van der Waals surface area contributed by atoms with Crippen LogP contribution in [0.4, 0.5) is 4.79 Å². The first-order valence-corrected chi connectivity index (χ1v) is 10.9. The minimum absolute atomic E-state index is 0.300. The number of ether oxygens (including phenoxy) is 6. The zero-order valence-electron chi connectivity index (χ0n) is 16.2. The molecule has 2 aliphatic carbocycles. The molecule has 5 atom stereocenters. The van der Waals surface area contributed by atoms with Crippen molar-refractivity contribution in [3.05, 3.63) is 0 Å². The third-order valence-electron chi connectivity index (χ3n) is 7.40. The fourth-order valence-electron chi connectivity index (χ4n) is 6.02. The van der Waals surface area contributed by atoms with E-state index in [9.17, 15) is 4.79 Å². The van der Waals surface area contributed by atoms with Gasteiger partial charge >= 0.3 is 6.09 Å². The summed E-state index contributed by atoms with van der Waals surface area (Å²) in [4.78, 5) is 12.1. The second kappa shape index (κ2) is 6.28. The first-order chi connectivity index (χ1) is 13.6. The summed E-state index contributed by atoms with van der Waals surface area (Å²) in [7, 11) is 0. The van der Waals surface area contributed by atoms with Crippen molar-refractivity contribution in [3.63, 3.8) is 0 Å². The van der Waals surface area contributed by atoms with Crippen molar-refractivity contribution in [2.24, 2.45) is 0 Å². The van der Waals surface area contributed by atoms with Crippen molar-refractivity contribution < 1.29 is 33.2 Å². The van der Waals surface area contributed by atoms with Crippen LogP contribution in [0.15, 0.2) is 0 Å². The van der Waals surface area contributed by atoms with E-state index < -0.39 is 41.8 Å². The van der Waals surface area contributed by atoms with Gasteiger partial charge in [-0.3, -0.25) is 0 Å². The van der Waals surface area contributed by atoms with E-state index in [1.807, 2.05) is 0 Å². The highest BCUT2D eigenvalue weighted by Gasteiger charge is 2.71. The molecule has 0 radical (unpaired) electrons. The first kappa shape index (κ1) is 17.9. The summed E-state index contributed by atoms with van der Waals surface area (Å²) in [5, 5.41) is 2.81. The minimum atomic E-state index is -0.934. The molecule has 4 heterocycles. The van der Waals surface area contributed by atoms with Crippen LogP contribution < -0.4 is 5.32 Å². The molecule has 0 bridgehead atoms. The Morgan fingerprint density at radius 2 is 1.54 bits per heavy atom. The molecule has 0 aromatic heterocycles. The van der Waals surface area contributed by atoms with Crippen molar-refractivity contribution in [3.8, 4) is 0 Å². The summed E-state index contributed by atoms with van der Waals surface area (Å²) in [6, 6.07) is 0. The second-order valence-electron chi connectivity index (χ2n) is 9.19. The van der Waals surface area contributed by atoms with E-state index in [0.29, 0.717) is 13.2 Å². The average Bonchev–Trinajstić information content (AvgIpc) is 3.43. The predicted molar refractivity (Wildman–Crippen MR) is 94.3 cm³/mol. The van der Waals surface area contributed by atoms with Crippen molar-refractivity contribution in [1.29, 1.82) is 0 Å². The highest BCUT2D eigenvalue weighted by Crippen LogP contribution is 2.52. The predicted octanol–water partition coefficient (Wildman–Crippen LogP) is 2.34. The van der Waals surface area contributed by atoms with E-state index in [4.69, 9.17) is 28.4 Å². The van der Waals surface area contributed by atoms with Crippen LogP contribution in [0.2, 0.25) is 0 Å². The molecule has 8 nitrogen and oxygen atoms in total. The van der Waals surface area contributed by atoms with E-state index in [1.165, 1.54) is 12.8 Å². The summed E-state index contributed by atoms with van der Waals surface area (Å²) in [6.07, 6.45) is 8.14. The second-order valence-corrected chi connectivity index (χ2v) is 9.19. The smallest absolute Gasteiger partial charge is 0.408 e. The van der Waals surface area contributed by atoms with Crippen molar-refractivity contribution in [1.82, 2.24) is 5.32 Å². The molecule has 2 saturated carbocycles. The zero-order chi connectivity index (χ0) is 18.8. The molecule has 6 rings (SSSR count). The normalized spacial score (nSPS) is 46.2. The van der Waals surface area contributed by atoms with Gasteiger partial charge in [0.25, 0.3) is 0 Å². The SMILES string of the molecule is O=C1NC[C@@]2(O1)[C@@H]([C@H]1COC3(CCCCC3)O1)O[C@@H]1OC3(CCCCC3)O[C@@H]12. The topological polar surface area (TPSA) is 84.5 Å². The number of carbonyl (C=O) groups excluding carboxylic acids is 1. The maximum Gasteiger partial charge on any atom is 0.408 e. The molecule has 4 aliphatic heterocycles. The van der Waals surface area contributed by atoms with Gasteiger partial charge in [0.15, 0.2) is 29.6 Å². The summed E-state index contributed by atoms with van der Waals surface area (Å²) in [5.74, 6) is -1.11. The Kier molecular flexibility index (Phi) is 4.01. The average molecular weight is 395 g/mol. The highest BCUT2D eigenvalue weighted by molar-refractivity contribution is 5.70. The summed E-state index contributed by atoms with van der Waals surface area (Å²) >= 11 is 0. The molecule has 0 aromatic rings. The molecule has 0 unspecified atom stereocenters. The standard InChI is InChI=1S/C20H29NO7/c22-17-21-12-20(28-17)14(13-11-23-18(25-13)7-3-1-4-8-18)24-16-15(20)26-19(27-16)9-5-2-6-10-19/h13-16H,1-12H2,(H,21,22)/t13-,14-,15+,16-,20-/m1/s1. The lowest BCUT2D eigenvalue weighted by molar-refractivity contribution is -0.268. The number of fused-ring (bicyclic) bond motifs is 2. The highest BCUT2D eigenvalue weighted by atomic mass is 16.9. The van der Waals surface area contributed by atoms with Gasteiger partial charge in [0.1, 0.15) is 12.2 Å². The van der Waals surface area contributed by atoms with Crippen LogP contribution in [0.3, 0.4) is 0 Å². The maximum absolute atomic E-state index is 12.1. The number of alkyl carbamates (subject to hydrolysis) is 1. The molecular weight excluding hydrogens is 366 g/mol. The van der Waals surface area contributed by atoms with Crippen LogP contribution in [0.1, 0.15) is 64.2 Å². The van der Waals surface area contributed by atoms with E-state index in [2.05, 4.69) is 5.32 Å². The Labute approximate surface area is 164 Å². The van der Waals surface area contributed by atoms with Crippen LogP contribution in [0.25, 0.3) is 0 Å². The molecule has 3 spiro atoms. The van der Waals surface area contributed by atoms with Gasteiger partial charge in [0, 0.05) is 25.7 Å². The summed E-state index contributed by atoms with van der Waals surface area (Å²) in [5.41, 5.74) is -0.934. The van der Waals surface area contributed by atoms with Gasteiger partial charge in [-0.2, -0.15) is 0 Å². The van der Waals surface area contributed by atoms with E-state index >= 15 is 0 Å². The quantitative estimate of drug-likeness (QED) is 0.729. The van der Waals surface area contributed by atoms with Gasteiger partial charge in [-0.05, 0) is 25.7 Å². The molecule has 8 heteroatoms. The number of nitrogens with one attached hydrogen (secondary N) is 1. The van der Waals surface area contributed by atoms with Gasteiger partial charge in [0.05, 0.1) is 13.2 Å². The van der Waals surface area contributed by atoms with Crippen LogP contribution in [0.5, 0.6) is 0 Å². The Balaban J connectivity index is 1.26. The van der Waals surface area contributed by atoms with Gasteiger partial charge in [-0.1, -0.05) is 12.8 Å². The number of hydrogen-bond acceptors (Lipinski definition) is 7. The Morgan fingerprint density at radius 1 is 0.821 bits per heavy atom. The molecular formula is C20H29NO7. The lowest BCUT2D eigenvalue weighted by Gasteiger charge is -2.38.